The van der Waals surface area contributed by atoms with Crippen LogP contribution in [0, 0.1) is 0 Å². The number of nitrogens with zero attached hydrogens (tertiary/aromatic N) is 1. The summed E-state index contributed by atoms with van der Waals surface area (Å²) >= 11 is 3.20. The van der Waals surface area contributed by atoms with Gasteiger partial charge in [0, 0.05) is 13.7 Å². The predicted octanol–water partition coefficient (Wildman–Crippen LogP) is 1.18. The summed E-state index contributed by atoms with van der Waals surface area (Å²) in [5.41, 5.74) is 0. The quantitative estimate of drug-likeness (QED) is 0.726. The Balaban J connectivity index is 3.15. The van der Waals surface area contributed by atoms with E-state index in [1.807, 2.05) is 0 Å². The summed E-state index contributed by atoms with van der Waals surface area (Å²) in [6, 6.07) is 4.22. The number of carbonyl (C=O) groups is 1. The van der Waals surface area contributed by atoms with E-state index < -0.39 is 22.5 Å². The zero-order valence-corrected chi connectivity index (χ0v) is 14.0. The molecule has 0 saturated carbocycles. The minimum atomic E-state index is -3.93. The topological polar surface area (TPSA) is 93.1 Å². The molecule has 1 aromatic rings. The van der Waals surface area contributed by atoms with Crippen molar-refractivity contribution in [3.63, 3.8) is 0 Å². The minimum Gasteiger partial charge on any atom is -0.496 e. The molecule has 0 saturated heterocycles. The Morgan fingerprint density at radius 3 is 2.52 bits per heavy atom. The second kappa shape index (κ2) is 7.74. The molecule has 0 bridgehead atoms. The van der Waals surface area contributed by atoms with Crippen molar-refractivity contribution in [2.75, 3.05) is 33.9 Å². The molecule has 0 aliphatic heterocycles. The summed E-state index contributed by atoms with van der Waals surface area (Å²) in [6.07, 6.45) is 0. The zero-order valence-electron chi connectivity index (χ0n) is 11.6. The lowest BCUT2D eigenvalue weighted by molar-refractivity contribution is -0.137. The molecule has 7 nitrogen and oxygen atoms in total. The molecule has 0 heterocycles. The molecule has 0 aliphatic rings. The van der Waals surface area contributed by atoms with E-state index in [4.69, 9.17) is 14.6 Å². The Bertz CT molecular complexity index is 604. The second-order valence-electron chi connectivity index (χ2n) is 4.02. The van der Waals surface area contributed by atoms with Crippen molar-refractivity contribution in [3.05, 3.63) is 22.7 Å². The molecular formula is C12H16BrNO6S. The molecule has 118 valence electrons. The van der Waals surface area contributed by atoms with Crippen molar-refractivity contribution in [3.8, 4) is 5.75 Å². The largest absolute Gasteiger partial charge is 0.496 e. The molecule has 1 N–H and O–H groups in total. The van der Waals surface area contributed by atoms with Crippen LogP contribution < -0.4 is 4.74 Å². The van der Waals surface area contributed by atoms with Crippen LogP contribution in [0.2, 0.25) is 0 Å². The van der Waals surface area contributed by atoms with Gasteiger partial charge in [0.2, 0.25) is 10.0 Å². The number of hydrogen-bond acceptors (Lipinski definition) is 5. The molecule has 21 heavy (non-hydrogen) atoms. The molecule has 0 radical (unpaired) electrons. The Morgan fingerprint density at radius 1 is 1.38 bits per heavy atom. The average Bonchev–Trinajstić information content (AvgIpc) is 2.42. The van der Waals surface area contributed by atoms with Crippen molar-refractivity contribution in [2.45, 2.75) is 4.90 Å². The van der Waals surface area contributed by atoms with Gasteiger partial charge >= 0.3 is 5.97 Å². The number of aliphatic carboxylic acids is 1. The zero-order chi connectivity index (χ0) is 16.0. The maximum absolute atomic E-state index is 12.5. The highest BCUT2D eigenvalue weighted by Gasteiger charge is 2.27. The molecule has 9 heteroatoms. The Hall–Kier alpha value is -1.16. The first-order chi connectivity index (χ1) is 9.82. The van der Waals surface area contributed by atoms with Crippen molar-refractivity contribution < 1.29 is 27.8 Å². The first kappa shape index (κ1) is 17.9. The third kappa shape index (κ3) is 4.67. The molecule has 0 amide bonds. The highest BCUT2D eigenvalue weighted by atomic mass is 79.9. The van der Waals surface area contributed by atoms with Crippen LogP contribution in [0.15, 0.2) is 27.6 Å². The lowest BCUT2D eigenvalue weighted by Gasteiger charge is -2.20. The molecule has 1 aromatic carbocycles. The molecule has 1 rings (SSSR count). The van der Waals surface area contributed by atoms with E-state index in [-0.39, 0.29) is 18.0 Å². The fraction of sp³-hybridized carbons (Fsp3) is 0.417. The van der Waals surface area contributed by atoms with Gasteiger partial charge in [0.1, 0.15) is 12.3 Å². The number of hydrogen-bond donors (Lipinski definition) is 1. The molecule has 0 aromatic heterocycles. The van der Waals surface area contributed by atoms with E-state index in [2.05, 4.69) is 15.9 Å². The van der Waals surface area contributed by atoms with Crippen LogP contribution in [0.25, 0.3) is 0 Å². The molecule has 0 unspecified atom stereocenters. The fourth-order valence-electron chi connectivity index (χ4n) is 1.58. The molecular weight excluding hydrogens is 366 g/mol. The van der Waals surface area contributed by atoms with Gasteiger partial charge in [0.15, 0.2) is 0 Å². The number of methoxy groups -OCH3 is 2. The Morgan fingerprint density at radius 2 is 2.05 bits per heavy atom. The maximum Gasteiger partial charge on any atom is 0.318 e. The van der Waals surface area contributed by atoms with Crippen molar-refractivity contribution >= 4 is 31.9 Å². The van der Waals surface area contributed by atoms with Gasteiger partial charge in [-0.1, -0.05) is 0 Å². The molecule has 0 spiro atoms. The van der Waals surface area contributed by atoms with E-state index >= 15 is 0 Å². The minimum absolute atomic E-state index is 0.0208. The van der Waals surface area contributed by atoms with Gasteiger partial charge in [-0.25, -0.2) is 8.42 Å². The first-order valence-corrected chi connectivity index (χ1v) is 8.10. The van der Waals surface area contributed by atoms with E-state index in [1.54, 1.807) is 0 Å². The molecule has 0 atom stereocenters. The molecule has 0 fully saturated rings. The summed E-state index contributed by atoms with van der Waals surface area (Å²) in [5, 5.41) is 8.85. The third-order valence-corrected chi connectivity index (χ3v) is 5.08. The van der Waals surface area contributed by atoms with Gasteiger partial charge in [-0.15, -0.1) is 0 Å². The van der Waals surface area contributed by atoms with Crippen LogP contribution in [0.1, 0.15) is 0 Å². The smallest absolute Gasteiger partial charge is 0.318 e. The number of rotatable bonds is 8. The highest BCUT2D eigenvalue weighted by Crippen LogP contribution is 2.28. The monoisotopic (exact) mass is 381 g/mol. The van der Waals surface area contributed by atoms with Gasteiger partial charge in [-0.2, -0.15) is 4.31 Å². The van der Waals surface area contributed by atoms with Crippen LogP contribution in [-0.2, 0) is 19.6 Å². The van der Waals surface area contributed by atoms with E-state index in [0.29, 0.717) is 10.2 Å². The number of halogens is 1. The number of sulfonamides is 1. The van der Waals surface area contributed by atoms with Gasteiger partial charge in [-0.3, -0.25) is 4.79 Å². The van der Waals surface area contributed by atoms with E-state index in [9.17, 15) is 13.2 Å². The van der Waals surface area contributed by atoms with Crippen molar-refractivity contribution in [1.82, 2.24) is 4.31 Å². The van der Waals surface area contributed by atoms with Crippen LogP contribution >= 0.6 is 15.9 Å². The van der Waals surface area contributed by atoms with Crippen LogP contribution in [0.4, 0.5) is 0 Å². The maximum atomic E-state index is 12.5. The lowest BCUT2D eigenvalue weighted by Crippen LogP contribution is -2.37. The van der Waals surface area contributed by atoms with Gasteiger partial charge < -0.3 is 14.6 Å². The van der Waals surface area contributed by atoms with Crippen molar-refractivity contribution in [2.24, 2.45) is 0 Å². The lowest BCUT2D eigenvalue weighted by atomic mass is 10.3. The number of benzene rings is 1. The summed E-state index contributed by atoms with van der Waals surface area (Å²) in [5.74, 6) is -0.752. The average molecular weight is 382 g/mol. The summed E-state index contributed by atoms with van der Waals surface area (Å²) in [4.78, 5) is 10.8. The number of carboxylic acids is 1. The van der Waals surface area contributed by atoms with E-state index in [0.717, 1.165) is 4.31 Å². The third-order valence-electron chi connectivity index (χ3n) is 2.62. The predicted molar refractivity (Wildman–Crippen MR) is 79.0 cm³/mol. The van der Waals surface area contributed by atoms with Crippen LogP contribution in [0.3, 0.4) is 0 Å². The standard InChI is InChI=1S/C12H16BrNO6S/c1-19-6-5-14(8-12(15)16)21(17,18)9-3-4-11(20-2)10(13)7-9/h3-4,7H,5-6,8H2,1-2H3,(H,15,16). The highest BCUT2D eigenvalue weighted by molar-refractivity contribution is 9.10. The van der Waals surface area contributed by atoms with Crippen molar-refractivity contribution in [1.29, 1.82) is 0 Å². The van der Waals surface area contributed by atoms with Gasteiger partial charge in [0.05, 0.1) is 23.1 Å². The number of carboxylic acid groups (broad SMARTS) is 1. The van der Waals surface area contributed by atoms with E-state index in [1.165, 1.54) is 32.4 Å². The SMILES string of the molecule is COCCN(CC(=O)O)S(=O)(=O)c1ccc(OC)c(Br)c1. The molecule has 0 aliphatic carbocycles. The summed E-state index contributed by atoms with van der Waals surface area (Å²) in [7, 11) is -1.05. The van der Waals surface area contributed by atoms with Crippen LogP contribution in [-0.4, -0.2) is 57.7 Å². The second-order valence-corrected chi connectivity index (χ2v) is 6.81. The summed E-state index contributed by atoms with van der Waals surface area (Å²) in [6.45, 7) is -0.575. The fourth-order valence-corrected chi connectivity index (χ4v) is 3.68. The van der Waals surface area contributed by atoms with Crippen LogP contribution in [0.5, 0.6) is 5.75 Å². The van der Waals surface area contributed by atoms with Gasteiger partial charge in [-0.05, 0) is 34.1 Å². The first-order valence-electron chi connectivity index (χ1n) is 5.87. The normalized spacial score (nSPS) is 11.6. The Labute approximate surface area is 131 Å². The Kier molecular flexibility index (Phi) is 6.59. The summed E-state index contributed by atoms with van der Waals surface area (Å²) < 4.78 is 36.1. The number of ether oxygens (including phenoxy) is 2. The van der Waals surface area contributed by atoms with Gasteiger partial charge in [0.25, 0.3) is 0 Å².